The van der Waals surface area contributed by atoms with Gasteiger partial charge in [-0.15, -0.1) is 11.3 Å². The Bertz CT molecular complexity index is 1910. The van der Waals surface area contributed by atoms with Crippen molar-refractivity contribution in [1.29, 1.82) is 0 Å². The van der Waals surface area contributed by atoms with E-state index in [4.69, 9.17) is 9.47 Å². The third-order valence-corrected chi connectivity index (χ3v) is 8.82. The molecule has 0 fully saturated rings. The molecule has 0 unspecified atom stereocenters. The standard InChI is InChI=1S/C37H42N6O4S/c1-8-42(9-2)43(10-3)35(44)31-23-48-34(39-31)30-22-25(19-20-38-30)47-32-18-16-28(26-13-11-12-14-27(26)32)40-36(45)41-29-21-24(37(4,5)6)15-17-33(29)46-7/h11-23H,8-10H2,1-7H3,(H2,40,41,45). The van der Waals surface area contributed by atoms with E-state index >= 15 is 0 Å². The molecule has 0 aliphatic rings. The van der Waals surface area contributed by atoms with E-state index in [0.717, 1.165) is 29.4 Å². The zero-order valence-electron chi connectivity index (χ0n) is 28.5. The third-order valence-electron chi connectivity index (χ3n) is 7.95. The summed E-state index contributed by atoms with van der Waals surface area (Å²) in [5.41, 5.74) is 3.19. The topological polar surface area (TPSA) is 109 Å². The van der Waals surface area contributed by atoms with Crippen LogP contribution in [0, 0.1) is 0 Å². The van der Waals surface area contributed by atoms with E-state index in [0.29, 0.717) is 51.6 Å². The molecule has 0 saturated carbocycles. The van der Waals surface area contributed by atoms with Crippen LogP contribution in [-0.2, 0) is 5.41 Å². The van der Waals surface area contributed by atoms with Gasteiger partial charge in [0.15, 0.2) is 0 Å². The second-order valence-corrected chi connectivity index (χ2v) is 12.9. The Morgan fingerprint density at radius 2 is 1.56 bits per heavy atom. The molecule has 2 N–H and O–H groups in total. The van der Waals surface area contributed by atoms with Crippen molar-refractivity contribution in [2.24, 2.45) is 0 Å². The molecule has 0 spiro atoms. The predicted octanol–water partition coefficient (Wildman–Crippen LogP) is 8.82. The number of aromatic nitrogens is 2. The van der Waals surface area contributed by atoms with E-state index in [-0.39, 0.29) is 11.3 Å². The Morgan fingerprint density at radius 3 is 2.25 bits per heavy atom. The fraction of sp³-hybridized carbons (Fsp3) is 0.297. The van der Waals surface area contributed by atoms with E-state index in [9.17, 15) is 9.59 Å². The summed E-state index contributed by atoms with van der Waals surface area (Å²) in [5.74, 6) is 1.62. The maximum absolute atomic E-state index is 13.2. The highest BCUT2D eigenvalue weighted by atomic mass is 32.1. The quantitative estimate of drug-likeness (QED) is 0.136. The van der Waals surface area contributed by atoms with E-state index < -0.39 is 6.03 Å². The van der Waals surface area contributed by atoms with Crippen LogP contribution in [-0.4, -0.2) is 58.7 Å². The maximum atomic E-state index is 13.2. The van der Waals surface area contributed by atoms with E-state index in [1.807, 2.05) is 86.4 Å². The summed E-state index contributed by atoms with van der Waals surface area (Å²) >= 11 is 1.37. The van der Waals surface area contributed by atoms with Crippen LogP contribution >= 0.6 is 11.3 Å². The van der Waals surface area contributed by atoms with Crippen LogP contribution in [0.4, 0.5) is 16.2 Å². The molecular weight excluding hydrogens is 625 g/mol. The summed E-state index contributed by atoms with van der Waals surface area (Å²) < 4.78 is 11.9. The van der Waals surface area contributed by atoms with Gasteiger partial charge in [-0.1, -0.05) is 65.0 Å². The number of nitrogens with zero attached hydrogens (tertiary/aromatic N) is 4. The number of methoxy groups -OCH3 is 1. The van der Waals surface area contributed by atoms with Crippen molar-refractivity contribution >= 4 is 45.4 Å². The molecule has 5 rings (SSSR count). The zero-order chi connectivity index (χ0) is 34.4. The number of hydrazine groups is 1. The highest BCUT2D eigenvalue weighted by Gasteiger charge is 2.23. The molecule has 0 aliphatic carbocycles. The number of nitrogens with one attached hydrogen (secondary N) is 2. The van der Waals surface area contributed by atoms with Gasteiger partial charge in [0, 0.05) is 48.0 Å². The molecular formula is C37H42N6O4S. The molecule has 2 aromatic heterocycles. The van der Waals surface area contributed by atoms with Crippen molar-refractivity contribution in [3.8, 4) is 28.0 Å². The Kier molecular flexibility index (Phi) is 10.6. The number of carbonyl (C=O) groups is 2. The number of fused-ring (bicyclic) bond motifs is 1. The van der Waals surface area contributed by atoms with Gasteiger partial charge in [-0.25, -0.2) is 14.8 Å². The molecule has 3 aromatic carbocycles. The van der Waals surface area contributed by atoms with Gasteiger partial charge in [-0.2, -0.15) is 0 Å². The van der Waals surface area contributed by atoms with Crippen molar-refractivity contribution < 1.29 is 19.1 Å². The fourth-order valence-electron chi connectivity index (χ4n) is 5.39. The van der Waals surface area contributed by atoms with E-state index in [1.165, 1.54) is 11.3 Å². The lowest BCUT2D eigenvalue weighted by atomic mass is 9.87. The number of pyridine rings is 1. The second-order valence-electron chi connectivity index (χ2n) is 12.1. The number of urea groups is 1. The molecule has 11 heteroatoms. The number of anilines is 2. The molecule has 0 saturated heterocycles. The average Bonchev–Trinajstić information content (AvgIpc) is 3.58. The number of hydrogen-bond acceptors (Lipinski definition) is 8. The molecule has 0 aliphatic heterocycles. The highest BCUT2D eigenvalue weighted by Crippen LogP contribution is 2.36. The van der Waals surface area contributed by atoms with Crippen molar-refractivity contribution in [1.82, 2.24) is 20.0 Å². The number of thiazole rings is 1. The molecule has 10 nitrogen and oxygen atoms in total. The lowest BCUT2D eigenvalue weighted by molar-refractivity contribution is -0.00157. The monoisotopic (exact) mass is 666 g/mol. The molecule has 250 valence electrons. The van der Waals surface area contributed by atoms with Gasteiger partial charge in [0.05, 0.1) is 18.5 Å². The summed E-state index contributed by atoms with van der Waals surface area (Å²) in [6.07, 6.45) is 1.66. The first-order chi connectivity index (χ1) is 23.1. The van der Waals surface area contributed by atoms with Crippen LogP contribution in [0.2, 0.25) is 0 Å². The van der Waals surface area contributed by atoms with Gasteiger partial charge in [0.25, 0.3) is 5.91 Å². The minimum absolute atomic E-state index is 0.0924. The highest BCUT2D eigenvalue weighted by molar-refractivity contribution is 7.13. The minimum Gasteiger partial charge on any atom is -0.495 e. The van der Waals surface area contributed by atoms with Crippen LogP contribution in [0.25, 0.3) is 21.5 Å². The maximum Gasteiger partial charge on any atom is 0.323 e. The summed E-state index contributed by atoms with van der Waals surface area (Å²) in [7, 11) is 1.58. The summed E-state index contributed by atoms with van der Waals surface area (Å²) in [5, 5.41) is 13.7. The summed E-state index contributed by atoms with van der Waals surface area (Å²) in [4.78, 5) is 35.6. The Hall–Kier alpha value is -5.00. The Labute approximate surface area is 285 Å². The number of amides is 3. The largest absolute Gasteiger partial charge is 0.495 e. The molecule has 0 bridgehead atoms. The van der Waals surface area contributed by atoms with Crippen LogP contribution in [0.1, 0.15) is 57.6 Å². The van der Waals surface area contributed by atoms with Crippen molar-refractivity contribution in [3.63, 3.8) is 0 Å². The minimum atomic E-state index is -0.391. The van der Waals surface area contributed by atoms with Crippen LogP contribution in [0.3, 0.4) is 0 Å². The second kappa shape index (κ2) is 14.8. The van der Waals surface area contributed by atoms with Gasteiger partial charge in [-0.05, 0) is 48.2 Å². The van der Waals surface area contributed by atoms with Gasteiger partial charge in [0.2, 0.25) is 0 Å². The van der Waals surface area contributed by atoms with Gasteiger partial charge in [-0.3, -0.25) is 14.8 Å². The average molecular weight is 667 g/mol. The predicted molar refractivity (Wildman–Crippen MR) is 193 cm³/mol. The molecule has 2 heterocycles. The Morgan fingerprint density at radius 1 is 0.854 bits per heavy atom. The number of carbonyl (C=O) groups excluding carboxylic acids is 2. The van der Waals surface area contributed by atoms with Gasteiger partial charge in [0.1, 0.15) is 33.6 Å². The van der Waals surface area contributed by atoms with Crippen molar-refractivity contribution in [2.45, 2.75) is 47.0 Å². The first kappa shape index (κ1) is 34.3. The summed E-state index contributed by atoms with van der Waals surface area (Å²) in [6.45, 7) is 14.4. The zero-order valence-corrected chi connectivity index (χ0v) is 29.3. The molecule has 0 radical (unpaired) electrons. The first-order valence-electron chi connectivity index (χ1n) is 16.0. The lowest BCUT2D eigenvalue weighted by Crippen LogP contribution is -2.46. The SMILES string of the molecule is CCN(CC)N(CC)C(=O)c1csc(-c2cc(Oc3ccc(NC(=O)Nc4cc(C(C)(C)C)ccc4OC)c4ccccc34)ccn2)n1. The molecule has 0 atom stereocenters. The molecule has 3 amide bonds. The van der Waals surface area contributed by atoms with Crippen LogP contribution in [0.15, 0.2) is 78.3 Å². The number of hydrogen-bond donors (Lipinski definition) is 2. The lowest BCUT2D eigenvalue weighted by Gasteiger charge is -2.31. The van der Waals surface area contributed by atoms with E-state index in [1.54, 1.807) is 29.8 Å². The number of rotatable bonds is 11. The smallest absolute Gasteiger partial charge is 0.323 e. The molecule has 48 heavy (non-hydrogen) atoms. The fourth-order valence-corrected chi connectivity index (χ4v) is 6.16. The summed E-state index contributed by atoms with van der Waals surface area (Å²) in [6, 6.07) is 20.3. The first-order valence-corrected chi connectivity index (χ1v) is 16.9. The normalized spacial score (nSPS) is 11.4. The van der Waals surface area contributed by atoms with Gasteiger partial charge >= 0.3 is 6.03 Å². The Balaban J connectivity index is 1.35. The number of benzene rings is 3. The number of ether oxygens (including phenoxy) is 2. The van der Waals surface area contributed by atoms with Crippen molar-refractivity contribution in [2.75, 3.05) is 37.4 Å². The molecule has 5 aromatic rings. The van der Waals surface area contributed by atoms with E-state index in [2.05, 4.69) is 41.4 Å². The van der Waals surface area contributed by atoms with Crippen molar-refractivity contribution in [3.05, 3.63) is 89.6 Å². The third kappa shape index (κ3) is 7.58. The van der Waals surface area contributed by atoms with Gasteiger partial charge < -0.3 is 20.1 Å². The van der Waals surface area contributed by atoms with Crippen LogP contribution in [0.5, 0.6) is 17.2 Å². The van der Waals surface area contributed by atoms with Crippen LogP contribution < -0.4 is 20.1 Å².